The van der Waals surface area contributed by atoms with Gasteiger partial charge in [0.25, 0.3) is 0 Å². The summed E-state index contributed by atoms with van der Waals surface area (Å²) < 4.78 is 17.0. The molecule has 1 amide bonds. The number of hydrogen-bond donors (Lipinski definition) is 0. The average Bonchev–Trinajstić information content (AvgIpc) is 3.23. The van der Waals surface area contributed by atoms with E-state index in [1.165, 1.54) is 0 Å². The highest BCUT2D eigenvalue weighted by molar-refractivity contribution is 5.89. The number of rotatable bonds is 5. The predicted octanol–water partition coefficient (Wildman–Crippen LogP) is 4.53. The summed E-state index contributed by atoms with van der Waals surface area (Å²) >= 11 is 0. The lowest BCUT2D eigenvalue weighted by molar-refractivity contribution is -0.125. The number of benzene rings is 3. The molecular weight excluding hydrogens is 430 g/mol. The van der Waals surface area contributed by atoms with Crippen molar-refractivity contribution in [3.05, 3.63) is 95.1 Å². The number of nitrogens with zero attached hydrogens (tertiary/aromatic N) is 1. The fraction of sp³-hybridized carbons (Fsp3) is 0.286. The Hall–Kier alpha value is -3.80. The number of likely N-dealkylation sites (tertiary alicyclic amines) is 1. The minimum atomic E-state index is -0.752. The molecule has 0 unspecified atom stereocenters. The van der Waals surface area contributed by atoms with Crippen LogP contribution in [0.1, 0.15) is 28.7 Å². The summed E-state index contributed by atoms with van der Waals surface area (Å²) in [4.78, 5) is 28.2. The van der Waals surface area contributed by atoms with Crippen molar-refractivity contribution in [2.24, 2.45) is 0 Å². The maximum Gasteiger partial charge on any atom is 0.410 e. The van der Waals surface area contributed by atoms with E-state index in [4.69, 9.17) is 14.2 Å². The maximum atomic E-state index is 13.4. The average molecular weight is 458 g/mol. The van der Waals surface area contributed by atoms with Crippen molar-refractivity contribution in [1.82, 2.24) is 4.90 Å². The zero-order valence-corrected chi connectivity index (χ0v) is 19.3. The third-order valence-corrected chi connectivity index (χ3v) is 6.98. The summed E-state index contributed by atoms with van der Waals surface area (Å²) in [6, 6.07) is 22.9. The molecule has 0 radical (unpaired) electrons. The van der Waals surface area contributed by atoms with Crippen LogP contribution >= 0.6 is 0 Å². The molecule has 6 heteroatoms. The second kappa shape index (κ2) is 8.86. The minimum Gasteiger partial charge on any atom is -0.497 e. The monoisotopic (exact) mass is 457 g/mol. The first kappa shape index (κ1) is 22.0. The number of amides is 1. The molecule has 34 heavy (non-hydrogen) atoms. The Kier molecular flexibility index (Phi) is 5.74. The van der Waals surface area contributed by atoms with Gasteiger partial charge in [-0.15, -0.1) is 0 Å². The second-order valence-corrected chi connectivity index (χ2v) is 8.80. The third kappa shape index (κ3) is 3.59. The molecule has 1 saturated heterocycles. The first-order valence-corrected chi connectivity index (χ1v) is 11.4. The van der Waals surface area contributed by atoms with Crippen molar-refractivity contribution in [2.45, 2.75) is 30.9 Å². The molecule has 0 saturated carbocycles. The molecule has 0 N–H and O–H groups in total. The number of fused-ring (bicyclic) bond motifs is 3. The topological polar surface area (TPSA) is 65.1 Å². The van der Waals surface area contributed by atoms with Crippen LogP contribution < -0.4 is 9.47 Å². The van der Waals surface area contributed by atoms with Gasteiger partial charge in [-0.3, -0.25) is 9.69 Å². The van der Waals surface area contributed by atoms with E-state index in [2.05, 4.69) is 6.07 Å². The molecule has 0 spiro atoms. The van der Waals surface area contributed by atoms with Crippen molar-refractivity contribution in [3.63, 3.8) is 0 Å². The molecule has 3 aromatic carbocycles. The molecular formula is C28H27NO5. The molecule has 2 aliphatic rings. The molecule has 1 aliphatic heterocycles. The van der Waals surface area contributed by atoms with Gasteiger partial charge in [-0.05, 0) is 41.3 Å². The Labute approximate surface area is 199 Å². The number of piperidine rings is 1. The standard InChI is InChI=1S/C28H27NO5/c1-32-23-12-7-11-21(15-23)28-16-22(30)17-29(27(31)34-18-19-8-4-3-5-9-19)25(28)14-20-10-6-13-24(33-2)26(20)28/h3-13,15,25H,14,16-18H2,1-2H3/t25-,28+/m0/s1. The Morgan fingerprint density at radius 3 is 2.56 bits per heavy atom. The Balaban J connectivity index is 1.59. The fourth-order valence-electron chi connectivity index (χ4n) is 5.56. The van der Waals surface area contributed by atoms with Crippen LogP contribution in [0.15, 0.2) is 72.8 Å². The van der Waals surface area contributed by atoms with Gasteiger partial charge in [-0.1, -0.05) is 54.6 Å². The summed E-state index contributed by atoms with van der Waals surface area (Å²) in [5.41, 5.74) is 3.11. The van der Waals surface area contributed by atoms with Gasteiger partial charge in [0, 0.05) is 12.0 Å². The van der Waals surface area contributed by atoms with Gasteiger partial charge in [0.15, 0.2) is 5.78 Å². The number of ether oxygens (including phenoxy) is 3. The third-order valence-electron chi connectivity index (χ3n) is 6.98. The smallest absolute Gasteiger partial charge is 0.410 e. The van der Waals surface area contributed by atoms with Crippen molar-refractivity contribution >= 4 is 11.9 Å². The zero-order chi connectivity index (χ0) is 23.7. The van der Waals surface area contributed by atoms with Crippen LogP contribution in [0.3, 0.4) is 0 Å². The Morgan fingerprint density at radius 2 is 1.79 bits per heavy atom. The summed E-state index contributed by atoms with van der Waals surface area (Å²) in [5, 5.41) is 0. The van der Waals surface area contributed by atoms with Gasteiger partial charge in [0.1, 0.15) is 18.1 Å². The Morgan fingerprint density at radius 1 is 1.00 bits per heavy atom. The van der Waals surface area contributed by atoms with Crippen LogP contribution in [0.5, 0.6) is 11.5 Å². The highest BCUT2D eigenvalue weighted by Gasteiger charge is 2.57. The van der Waals surface area contributed by atoms with Crippen LogP contribution in [0.4, 0.5) is 4.79 Å². The van der Waals surface area contributed by atoms with Crippen LogP contribution in [0, 0.1) is 0 Å². The molecule has 2 atom stereocenters. The second-order valence-electron chi connectivity index (χ2n) is 8.80. The zero-order valence-electron chi connectivity index (χ0n) is 19.3. The van der Waals surface area contributed by atoms with Crippen molar-refractivity contribution in [1.29, 1.82) is 0 Å². The molecule has 6 nitrogen and oxygen atoms in total. The Bertz CT molecular complexity index is 1220. The van der Waals surface area contributed by atoms with E-state index in [1.54, 1.807) is 19.1 Å². The van der Waals surface area contributed by atoms with E-state index in [0.717, 1.165) is 28.0 Å². The largest absolute Gasteiger partial charge is 0.497 e. The van der Waals surface area contributed by atoms with Crippen molar-refractivity contribution in [2.75, 3.05) is 20.8 Å². The summed E-state index contributed by atoms with van der Waals surface area (Å²) in [5.74, 6) is 1.40. The van der Waals surface area contributed by atoms with Gasteiger partial charge < -0.3 is 14.2 Å². The lowest BCUT2D eigenvalue weighted by atomic mass is 9.66. The van der Waals surface area contributed by atoms with E-state index in [-0.39, 0.29) is 31.4 Å². The fourth-order valence-corrected chi connectivity index (χ4v) is 5.56. The normalized spacial score (nSPS) is 20.9. The van der Waals surface area contributed by atoms with Gasteiger partial charge in [0.2, 0.25) is 0 Å². The number of carbonyl (C=O) groups excluding carboxylic acids is 2. The predicted molar refractivity (Wildman–Crippen MR) is 127 cm³/mol. The molecule has 174 valence electrons. The molecule has 0 bridgehead atoms. The highest BCUT2D eigenvalue weighted by atomic mass is 16.6. The molecule has 1 aliphatic carbocycles. The molecule has 3 aromatic rings. The summed E-state index contributed by atoms with van der Waals surface area (Å²) in [6.07, 6.45) is 0.402. The van der Waals surface area contributed by atoms with E-state index >= 15 is 0 Å². The maximum absolute atomic E-state index is 13.4. The lowest BCUT2D eigenvalue weighted by Crippen LogP contribution is -2.58. The van der Waals surface area contributed by atoms with Gasteiger partial charge in [-0.25, -0.2) is 4.79 Å². The first-order valence-electron chi connectivity index (χ1n) is 11.4. The van der Waals surface area contributed by atoms with Crippen LogP contribution in [-0.4, -0.2) is 43.6 Å². The van der Waals surface area contributed by atoms with Crippen LogP contribution in [0.25, 0.3) is 0 Å². The van der Waals surface area contributed by atoms with E-state index in [1.807, 2.05) is 66.7 Å². The van der Waals surface area contributed by atoms with E-state index in [0.29, 0.717) is 12.2 Å². The lowest BCUT2D eigenvalue weighted by Gasteiger charge is -2.46. The molecule has 5 rings (SSSR count). The summed E-state index contributed by atoms with van der Waals surface area (Å²) in [7, 11) is 3.26. The molecule has 1 heterocycles. The highest BCUT2D eigenvalue weighted by Crippen LogP contribution is 2.54. The first-order chi connectivity index (χ1) is 16.6. The molecule has 1 fully saturated rings. The number of hydrogen-bond acceptors (Lipinski definition) is 5. The minimum absolute atomic E-state index is 0.0190. The van der Waals surface area contributed by atoms with Gasteiger partial charge in [0.05, 0.1) is 32.2 Å². The van der Waals surface area contributed by atoms with Crippen LogP contribution in [0.2, 0.25) is 0 Å². The van der Waals surface area contributed by atoms with Gasteiger partial charge >= 0.3 is 6.09 Å². The quantitative estimate of drug-likeness (QED) is 0.563. The SMILES string of the molecule is COc1cccc([C@]23CC(=O)CN(C(=O)OCc4ccccc4)[C@H]2Cc2cccc(OC)c23)c1. The van der Waals surface area contributed by atoms with Gasteiger partial charge in [-0.2, -0.15) is 0 Å². The van der Waals surface area contributed by atoms with E-state index in [9.17, 15) is 9.59 Å². The number of Topliss-reactive ketones (excluding diaryl/α,β-unsaturated/α-hetero) is 1. The van der Waals surface area contributed by atoms with Crippen molar-refractivity contribution < 1.29 is 23.8 Å². The van der Waals surface area contributed by atoms with E-state index < -0.39 is 11.5 Å². The number of carbonyl (C=O) groups is 2. The molecule has 0 aromatic heterocycles. The number of methoxy groups -OCH3 is 2. The van der Waals surface area contributed by atoms with Crippen LogP contribution in [-0.2, 0) is 28.0 Å². The summed E-state index contributed by atoms with van der Waals surface area (Å²) in [6.45, 7) is 0.180. The van der Waals surface area contributed by atoms with Crippen molar-refractivity contribution in [3.8, 4) is 11.5 Å². The number of ketones is 1.